The van der Waals surface area contributed by atoms with Crippen molar-refractivity contribution in [3.8, 4) is 0 Å². The molecule has 0 saturated heterocycles. The van der Waals surface area contributed by atoms with Gasteiger partial charge in [-0.15, -0.1) is 0 Å². The molecule has 4 nitrogen and oxygen atoms in total. The first-order valence-corrected chi connectivity index (χ1v) is 7.72. The molecule has 102 valence electrons. The average Bonchev–Trinajstić information content (AvgIpc) is 2.33. The first-order valence-electron chi connectivity index (χ1n) is 5.91. The Hall–Kier alpha value is -0.203. The lowest BCUT2D eigenvalue weighted by Gasteiger charge is -2.36. The van der Waals surface area contributed by atoms with Gasteiger partial charge in [0.25, 0.3) is 0 Å². The van der Waals surface area contributed by atoms with Crippen molar-refractivity contribution in [3.63, 3.8) is 0 Å². The van der Waals surface area contributed by atoms with Gasteiger partial charge >= 0.3 is 8.80 Å². The van der Waals surface area contributed by atoms with Crippen molar-refractivity contribution >= 4 is 8.80 Å². The van der Waals surface area contributed by atoms with Crippen LogP contribution in [0.3, 0.4) is 0 Å². The van der Waals surface area contributed by atoms with Crippen LogP contribution in [0.1, 0.15) is 27.7 Å². The first kappa shape index (κ1) is 16.8. The van der Waals surface area contributed by atoms with Crippen LogP contribution in [0.2, 0.25) is 5.54 Å². The molecule has 0 aliphatic carbocycles. The molecule has 2 N–H and O–H groups in total. The monoisotopic (exact) mass is 261 g/mol. The Bertz CT molecular complexity index is 254. The molecular weight excluding hydrogens is 234 g/mol. The first-order chi connectivity index (χ1) is 7.90. The molecule has 0 spiro atoms. The van der Waals surface area contributed by atoms with Gasteiger partial charge in [-0.2, -0.15) is 0 Å². The Morgan fingerprint density at radius 1 is 1.06 bits per heavy atom. The van der Waals surface area contributed by atoms with Crippen molar-refractivity contribution < 1.29 is 13.3 Å². The predicted molar refractivity (Wildman–Crippen MR) is 72.8 cm³/mol. The van der Waals surface area contributed by atoms with E-state index in [9.17, 15) is 0 Å². The summed E-state index contributed by atoms with van der Waals surface area (Å²) in [7, 11) is 2.29. The second-order valence-electron chi connectivity index (χ2n) is 4.61. The molecular formula is C12H27NO3Si. The summed E-state index contributed by atoms with van der Waals surface area (Å²) in [4.78, 5) is 0. The molecule has 0 aromatic rings. The SMILES string of the molecule is CO[Si](OC)(OC)C(/C(C)=C(\C)CN)C(C)C. The molecule has 0 saturated carbocycles. The van der Waals surface area contributed by atoms with Crippen molar-refractivity contribution in [1.82, 2.24) is 0 Å². The van der Waals surface area contributed by atoms with Crippen molar-refractivity contribution in [3.05, 3.63) is 11.1 Å². The van der Waals surface area contributed by atoms with Gasteiger partial charge in [-0.3, -0.25) is 0 Å². The molecule has 0 bridgehead atoms. The van der Waals surface area contributed by atoms with Gasteiger partial charge < -0.3 is 19.0 Å². The Labute approximate surface area is 106 Å². The minimum Gasteiger partial charge on any atom is -0.376 e. The standard InChI is InChI=1S/C12H27NO3Si/c1-9(2)12(11(4)10(3)8-13)17(14-5,15-6)16-7/h9,12H,8,13H2,1-7H3/b11-10+. The third kappa shape index (κ3) is 3.63. The van der Waals surface area contributed by atoms with E-state index in [1.807, 2.05) is 6.92 Å². The van der Waals surface area contributed by atoms with Gasteiger partial charge in [-0.1, -0.05) is 25.0 Å². The highest BCUT2D eigenvalue weighted by Crippen LogP contribution is 2.38. The Morgan fingerprint density at radius 3 is 1.71 bits per heavy atom. The third-order valence-corrected chi connectivity index (χ3v) is 6.92. The number of rotatable bonds is 7. The van der Waals surface area contributed by atoms with E-state index in [0.717, 1.165) is 0 Å². The number of nitrogens with two attached hydrogens (primary N) is 1. The number of hydrogen-bond acceptors (Lipinski definition) is 4. The van der Waals surface area contributed by atoms with Crippen LogP contribution in [-0.4, -0.2) is 36.7 Å². The van der Waals surface area contributed by atoms with E-state index in [4.69, 9.17) is 19.0 Å². The summed E-state index contributed by atoms with van der Waals surface area (Å²) >= 11 is 0. The fourth-order valence-corrected chi connectivity index (χ4v) is 5.09. The van der Waals surface area contributed by atoms with Gasteiger partial charge in [0.15, 0.2) is 0 Å². The Kier molecular flexibility index (Phi) is 7.19. The third-order valence-electron chi connectivity index (χ3n) is 3.35. The minimum atomic E-state index is -2.67. The van der Waals surface area contributed by atoms with Crippen LogP contribution >= 0.6 is 0 Å². The molecule has 0 radical (unpaired) electrons. The van der Waals surface area contributed by atoms with Crippen molar-refractivity contribution in [2.45, 2.75) is 33.2 Å². The smallest absolute Gasteiger partial charge is 0.376 e. The molecule has 0 aromatic carbocycles. The second kappa shape index (κ2) is 7.28. The summed E-state index contributed by atoms with van der Waals surface area (Å²) in [6.45, 7) is 8.99. The second-order valence-corrected chi connectivity index (χ2v) is 7.66. The fraction of sp³-hybridized carbons (Fsp3) is 0.833. The van der Waals surface area contributed by atoms with E-state index < -0.39 is 8.80 Å². The normalized spacial score (nSPS) is 16.1. The zero-order valence-corrected chi connectivity index (χ0v) is 13.2. The van der Waals surface area contributed by atoms with Crippen LogP contribution < -0.4 is 5.73 Å². The van der Waals surface area contributed by atoms with E-state index in [1.54, 1.807) is 21.3 Å². The molecule has 5 heteroatoms. The summed E-state index contributed by atoms with van der Waals surface area (Å²) in [6.07, 6.45) is 0. The lowest BCUT2D eigenvalue weighted by Crippen LogP contribution is -2.50. The maximum Gasteiger partial charge on any atom is 0.507 e. The minimum absolute atomic E-state index is 0.144. The van der Waals surface area contributed by atoms with Crippen LogP contribution in [0.15, 0.2) is 11.1 Å². The van der Waals surface area contributed by atoms with Crippen LogP contribution in [0.4, 0.5) is 0 Å². The zero-order chi connectivity index (χ0) is 13.6. The van der Waals surface area contributed by atoms with Crippen LogP contribution in [0, 0.1) is 5.92 Å². The van der Waals surface area contributed by atoms with Gasteiger partial charge in [0.2, 0.25) is 0 Å². The van der Waals surface area contributed by atoms with Gasteiger partial charge in [-0.05, 0) is 19.8 Å². The van der Waals surface area contributed by atoms with Crippen molar-refractivity contribution in [2.75, 3.05) is 27.9 Å². The summed E-state index contributed by atoms with van der Waals surface area (Å²) in [5, 5.41) is 0. The maximum absolute atomic E-state index is 5.71. The van der Waals surface area contributed by atoms with Crippen LogP contribution in [0.25, 0.3) is 0 Å². The lowest BCUT2D eigenvalue weighted by atomic mass is 9.99. The molecule has 0 amide bonds. The molecule has 17 heavy (non-hydrogen) atoms. The van der Waals surface area contributed by atoms with Crippen molar-refractivity contribution in [1.29, 1.82) is 0 Å². The van der Waals surface area contributed by atoms with Gasteiger partial charge in [0.05, 0.1) is 5.54 Å². The lowest BCUT2D eigenvalue weighted by molar-refractivity contribution is 0.109. The predicted octanol–water partition coefficient (Wildman–Crippen LogP) is 2.19. The maximum atomic E-state index is 5.71. The van der Waals surface area contributed by atoms with E-state index in [2.05, 4.69) is 20.8 Å². The zero-order valence-electron chi connectivity index (χ0n) is 12.2. The average molecular weight is 261 g/mol. The van der Waals surface area contributed by atoms with Crippen LogP contribution in [-0.2, 0) is 13.3 Å². The molecule has 0 aliphatic heterocycles. The molecule has 1 atom stereocenters. The molecule has 0 aliphatic rings. The van der Waals surface area contributed by atoms with Crippen LogP contribution in [0.5, 0.6) is 0 Å². The highest BCUT2D eigenvalue weighted by molar-refractivity contribution is 6.63. The molecule has 0 aromatic heterocycles. The van der Waals surface area contributed by atoms with E-state index in [0.29, 0.717) is 12.5 Å². The highest BCUT2D eigenvalue weighted by Gasteiger charge is 2.49. The van der Waals surface area contributed by atoms with E-state index in [-0.39, 0.29) is 5.54 Å². The molecule has 1 unspecified atom stereocenters. The van der Waals surface area contributed by atoms with Crippen molar-refractivity contribution in [2.24, 2.45) is 11.7 Å². The summed E-state index contributed by atoms with van der Waals surface area (Å²) in [6, 6.07) is 0. The van der Waals surface area contributed by atoms with Gasteiger partial charge in [0, 0.05) is 27.9 Å². The van der Waals surface area contributed by atoms with E-state index in [1.165, 1.54) is 11.1 Å². The van der Waals surface area contributed by atoms with Gasteiger partial charge in [-0.25, -0.2) is 0 Å². The molecule has 0 fully saturated rings. The summed E-state index contributed by atoms with van der Waals surface area (Å²) in [5.74, 6) is 0.378. The summed E-state index contributed by atoms with van der Waals surface area (Å²) in [5.41, 5.74) is 8.25. The number of allylic oxidation sites excluding steroid dienone is 1. The topological polar surface area (TPSA) is 53.7 Å². The quantitative estimate of drug-likeness (QED) is 0.564. The summed E-state index contributed by atoms with van der Waals surface area (Å²) < 4.78 is 16.8. The number of hydrogen-bond donors (Lipinski definition) is 1. The Morgan fingerprint density at radius 2 is 1.47 bits per heavy atom. The van der Waals surface area contributed by atoms with E-state index >= 15 is 0 Å². The fourth-order valence-electron chi connectivity index (χ4n) is 2.23. The highest BCUT2D eigenvalue weighted by atomic mass is 28.4. The van der Waals surface area contributed by atoms with Gasteiger partial charge in [0.1, 0.15) is 0 Å². The molecule has 0 rings (SSSR count). The Balaban J connectivity index is 5.50. The molecule has 0 heterocycles. The largest absolute Gasteiger partial charge is 0.507 e.